The minimum atomic E-state index is 0.554. The standard InChI is InChI=1S/C19H18N4S2/c1-21-18(16-10-12-24-17(16)20)22-11-6-5-9-15-13-25-19(23-15)14-7-3-2-4-8-14/h2-4,7-8,10,12-13,20-22H,6,11H2,1H3/b18-16+,20-17?. The summed E-state index contributed by atoms with van der Waals surface area (Å²) in [6.45, 7) is 0.716. The van der Waals surface area contributed by atoms with Crippen LogP contribution in [0.3, 0.4) is 0 Å². The third-order valence-electron chi connectivity index (χ3n) is 3.48. The van der Waals surface area contributed by atoms with Gasteiger partial charge in [0.1, 0.15) is 21.6 Å². The lowest BCUT2D eigenvalue weighted by molar-refractivity contribution is 0.738. The normalized spacial score (nSPS) is 14.8. The van der Waals surface area contributed by atoms with Gasteiger partial charge in [0.2, 0.25) is 0 Å². The van der Waals surface area contributed by atoms with Gasteiger partial charge < -0.3 is 10.6 Å². The number of hydrogen-bond donors (Lipinski definition) is 3. The Hall–Kier alpha value is -2.49. The van der Waals surface area contributed by atoms with E-state index in [0.29, 0.717) is 18.0 Å². The third-order valence-corrected chi connectivity index (χ3v) is 5.10. The topological polar surface area (TPSA) is 60.8 Å². The van der Waals surface area contributed by atoms with E-state index in [0.717, 1.165) is 27.7 Å². The van der Waals surface area contributed by atoms with Crippen molar-refractivity contribution in [1.82, 2.24) is 15.6 Å². The molecule has 0 saturated heterocycles. The van der Waals surface area contributed by atoms with Crippen molar-refractivity contribution in [3.05, 3.63) is 64.3 Å². The van der Waals surface area contributed by atoms with Gasteiger partial charge in [0.25, 0.3) is 0 Å². The molecule has 1 aromatic carbocycles. The Bertz CT molecular complexity index is 870. The molecule has 0 fully saturated rings. The highest BCUT2D eigenvalue weighted by molar-refractivity contribution is 8.17. The first kappa shape index (κ1) is 17.3. The molecule has 0 radical (unpaired) electrons. The van der Waals surface area contributed by atoms with Gasteiger partial charge in [0, 0.05) is 36.5 Å². The molecule has 0 spiro atoms. The van der Waals surface area contributed by atoms with Gasteiger partial charge in [-0.05, 0) is 17.4 Å². The molecule has 126 valence electrons. The van der Waals surface area contributed by atoms with Crippen molar-refractivity contribution < 1.29 is 0 Å². The molecule has 0 unspecified atom stereocenters. The van der Waals surface area contributed by atoms with Crippen LogP contribution in [0.25, 0.3) is 10.6 Å². The van der Waals surface area contributed by atoms with Crippen LogP contribution in [0.4, 0.5) is 0 Å². The van der Waals surface area contributed by atoms with Gasteiger partial charge in [-0.2, -0.15) is 0 Å². The van der Waals surface area contributed by atoms with Crippen LogP contribution in [0.1, 0.15) is 12.1 Å². The smallest absolute Gasteiger partial charge is 0.124 e. The first-order chi connectivity index (χ1) is 12.3. The van der Waals surface area contributed by atoms with Gasteiger partial charge in [-0.1, -0.05) is 48.0 Å². The van der Waals surface area contributed by atoms with Crippen molar-refractivity contribution in [3.8, 4) is 22.4 Å². The van der Waals surface area contributed by atoms with Crippen LogP contribution < -0.4 is 10.6 Å². The Kier molecular flexibility index (Phi) is 5.94. The lowest BCUT2D eigenvalue weighted by Gasteiger charge is -2.11. The zero-order valence-electron chi connectivity index (χ0n) is 13.8. The van der Waals surface area contributed by atoms with Gasteiger partial charge in [0.05, 0.1) is 0 Å². The summed E-state index contributed by atoms with van der Waals surface area (Å²) in [6, 6.07) is 10.1. The predicted octanol–water partition coefficient (Wildman–Crippen LogP) is 3.81. The first-order valence-corrected chi connectivity index (χ1v) is 9.61. The largest absolute Gasteiger partial charge is 0.374 e. The zero-order valence-corrected chi connectivity index (χ0v) is 15.4. The van der Waals surface area contributed by atoms with E-state index in [-0.39, 0.29) is 0 Å². The number of hydrogen-bond acceptors (Lipinski definition) is 6. The Balaban J connectivity index is 1.54. The molecular formula is C19H18N4S2. The Labute approximate surface area is 156 Å². The fraction of sp³-hybridized carbons (Fsp3) is 0.158. The van der Waals surface area contributed by atoms with E-state index in [1.54, 1.807) is 11.3 Å². The highest BCUT2D eigenvalue weighted by Crippen LogP contribution is 2.23. The van der Waals surface area contributed by atoms with Gasteiger partial charge in [0.15, 0.2) is 0 Å². The molecular weight excluding hydrogens is 348 g/mol. The molecule has 0 aliphatic carbocycles. The molecule has 0 bridgehead atoms. The fourth-order valence-corrected chi connectivity index (χ4v) is 3.67. The van der Waals surface area contributed by atoms with E-state index in [1.165, 1.54) is 11.8 Å². The van der Waals surface area contributed by atoms with E-state index in [2.05, 4.69) is 39.6 Å². The molecule has 4 nitrogen and oxygen atoms in total. The maximum absolute atomic E-state index is 7.87. The molecule has 3 N–H and O–H groups in total. The molecule has 1 aromatic heterocycles. The van der Waals surface area contributed by atoms with Gasteiger partial charge in [-0.3, -0.25) is 5.41 Å². The Morgan fingerprint density at radius 3 is 2.84 bits per heavy atom. The average molecular weight is 367 g/mol. The number of nitrogens with zero attached hydrogens (tertiary/aromatic N) is 1. The second kappa shape index (κ2) is 8.56. The van der Waals surface area contributed by atoms with Crippen LogP contribution in [0, 0.1) is 17.3 Å². The summed E-state index contributed by atoms with van der Waals surface area (Å²) >= 11 is 3.03. The fourth-order valence-electron chi connectivity index (χ4n) is 2.27. The molecule has 2 heterocycles. The van der Waals surface area contributed by atoms with Crippen LogP contribution in [-0.4, -0.2) is 23.6 Å². The zero-order chi connectivity index (χ0) is 17.5. The van der Waals surface area contributed by atoms with E-state index in [1.807, 2.05) is 42.1 Å². The number of rotatable bonds is 5. The minimum absolute atomic E-state index is 0.554. The molecule has 1 aliphatic rings. The molecule has 1 aliphatic heterocycles. The van der Waals surface area contributed by atoms with E-state index >= 15 is 0 Å². The van der Waals surface area contributed by atoms with Gasteiger partial charge in [-0.15, -0.1) is 11.3 Å². The second-order valence-corrected chi connectivity index (χ2v) is 6.95. The Morgan fingerprint density at radius 1 is 1.28 bits per heavy atom. The van der Waals surface area contributed by atoms with E-state index in [4.69, 9.17) is 5.41 Å². The van der Waals surface area contributed by atoms with E-state index < -0.39 is 0 Å². The monoisotopic (exact) mass is 366 g/mol. The molecule has 3 rings (SSSR count). The summed E-state index contributed by atoms with van der Waals surface area (Å²) < 4.78 is 0. The highest BCUT2D eigenvalue weighted by Gasteiger charge is 2.12. The van der Waals surface area contributed by atoms with Crippen LogP contribution in [0.2, 0.25) is 0 Å². The summed E-state index contributed by atoms with van der Waals surface area (Å²) in [4.78, 5) is 4.57. The molecule has 0 saturated carbocycles. The first-order valence-electron chi connectivity index (χ1n) is 7.86. The van der Waals surface area contributed by atoms with Crippen LogP contribution in [0.15, 0.2) is 58.6 Å². The summed E-state index contributed by atoms with van der Waals surface area (Å²) in [5.74, 6) is 7.14. The summed E-state index contributed by atoms with van der Waals surface area (Å²) in [7, 11) is 1.85. The molecule has 2 aromatic rings. The van der Waals surface area contributed by atoms with Crippen molar-refractivity contribution in [2.45, 2.75) is 6.42 Å². The maximum atomic E-state index is 7.87. The number of aromatic nitrogens is 1. The molecule has 0 amide bonds. The SMILES string of the molecule is CN/C(NCCC#Cc1csc(-c2ccccc2)n1)=C1/C=CSC1=N. The van der Waals surface area contributed by atoms with Crippen molar-refractivity contribution in [2.24, 2.45) is 0 Å². The van der Waals surface area contributed by atoms with Crippen molar-refractivity contribution in [3.63, 3.8) is 0 Å². The lowest BCUT2D eigenvalue weighted by atomic mass is 10.2. The Morgan fingerprint density at radius 2 is 2.12 bits per heavy atom. The molecule has 0 atom stereocenters. The molecule has 6 heteroatoms. The number of thiazole rings is 1. The molecule has 25 heavy (non-hydrogen) atoms. The van der Waals surface area contributed by atoms with Crippen molar-refractivity contribution in [2.75, 3.05) is 13.6 Å². The lowest BCUT2D eigenvalue weighted by Crippen LogP contribution is -2.26. The maximum Gasteiger partial charge on any atom is 0.124 e. The third kappa shape index (κ3) is 4.53. The highest BCUT2D eigenvalue weighted by atomic mass is 32.2. The van der Waals surface area contributed by atoms with Crippen LogP contribution in [-0.2, 0) is 0 Å². The second-order valence-electron chi connectivity index (χ2n) is 5.17. The van der Waals surface area contributed by atoms with Crippen molar-refractivity contribution in [1.29, 1.82) is 5.41 Å². The van der Waals surface area contributed by atoms with Gasteiger partial charge in [-0.25, -0.2) is 4.98 Å². The summed E-state index contributed by atoms with van der Waals surface area (Å²) in [6.07, 6.45) is 2.65. The average Bonchev–Trinajstić information content (AvgIpc) is 3.28. The number of thioether (sulfide) groups is 1. The predicted molar refractivity (Wildman–Crippen MR) is 108 cm³/mol. The summed E-state index contributed by atoms with van der Waals surface area (Å²) in [5, 5.41) is 19.7. The van der Waals surface area contributed by atoms with Crippen LogP contribution in [0.5, 0.6) is 0 Å². The summed E-state index contributed by atoms with van der Waals surface area (Å²) in [5.41, 5.74) is 2.83. The van der Waals surface area contributed by atoms with Gasteiger partial charge >= 0.3 is 0 Å². The van der Waals surface area contributed by atoms with Crippen molar-refractivity contribution >= 4 is 28.1 Å². The minimum Gasteiger partial charge on any atom is -0.374 e. The number of nitrogens with one attached hydrogen (secondary N) is 3. The van der Waals surface area contributed by atoms with Crippen LogP contribution >= 0.6 is 23.1 Å². The number of allylic oxidation sites excluding steroid dienone is 1. The number of benzene rings is 1. The quantitative estimate of drug-likeness (QED) is 0.556. The van der Waals surface area contributed by atoms with E-state index in [9.17, 15) is 0 Å².